The topological polar surface area (TPSA) is 58.2 Å². The van der Waals surface area contributed by atoms with E-state index in [0.29, 0.717) is 22.5 Å². The summed E-state index contributed by atoms with van der Waals surface area (Å²) in [5.41, 5.74) is 0.712. The summed E-state index contributed by atoms with van der Waals surface area (Å²) in [5, 5.41) is 3.46. The minimum Gasteiger partial charge on any atom is -0.381 e. The van der Waals surface area contributed by atoms with Crippen molar-refractivity contribution in [2.24, 2.45) is 5.92 Å². The average molecular weight is 310 g/mol. The van der Waals surface area contributed by atoms with Gasteiger partial charge in [0.1, 0.15) is 4.90 Å². The fourth-order valence-corrected chi connectivity index (χ4v) is 4.35. The molecule has 0 amide bonds. The van der Waals surface area contributed by atoms with Crippen LogP contribution in [0, 0.1) is 5.92 Å². The standard InChI is InChI=1S/C16H26N2O2S/c1-12(2)18-21(19,20)16-11-7-6-10-15(16)17-14-9-5-4-8-13(14)3/h6-7,10-14,17-18H,4-5,8-9H2,1-3H3. The van der Waals surface area contributed by atoms with E-state index in [-0.39, 0.29) is 6.04 Å². The number of rotatable bonds is 5. The van der Waals surface area contributed by atoms with Crippen LogP contribution in [-0.2, 0) is 10.0 Å². The molecule has 0 aromatic heterocycles. The highest BCUT2D eigenvalue weighted by molar-refractivity contribution is 7.89. The average Bonchev–Trinajstić information content (AvgIpc) is 2.40. The van der Waals surface area contributed by atoms with Crippen LogP contribution in [0.1, 0.15) is 46.5 Å². The maximum Gasteiger partial charge on any atom is 0.242 e. The number of hydrogen-bond donors (Lipinski definition) is 2. The Morgan fingerprint density at radius 2 is 1.81 bits per heavy atom. The largest absolute Gasteiger partial charge is 0.381 e. The summed E-state index contributed by atoms with van der Waals surface area (Å²) < 4.78 is 27.5. The zero-order valence-electron chi connectivity index (χ0n) is 13.1. The zero-order valence-corrected chi connectivity index (χ0v) is 13.9. The number of benzene rings is 1. The van der Waals surface area contributed by atoms with Crippen LogP contribution in [-0.4, -0.2) is 20.5 Å². The Hall–Kier alpha value is -1.07. The van der Waals surface area contributed by atoms with Crippen molar-refractivity contribution in [2.75, 3.05) is 5.32 Å². The lowest BCUT2D eigenvalue weighted by Gasteiger charge is -2.31. The molecule has 1 aliphatic carbocycles. The van der Waals surface area contributed by atoms with Crippen LogP contribution < -0.4 is 10.0 Å². The highest BCUT2D eigenvalue weighted by atomic mass is 32.2. The predicted octanol–water partition coefficient (Wildman–Crippen LogP) is 3.36. The fourth-order valence-electron chi connectivity index (χ4n) is 2.92. The zero-order chi connectivity index (χ0) is 15.5. The minimum atomic E-state index is -3.47. The summed E-state index contributed by atoms with van der Waals surface area (Å²) in [5.74, 6) is 0.576. The summed E-state index contributed by atoms with van der Waals surface area (Å²) in [6, 6.07) is 7.41. The van der Waals surface area contributed by atoms with Crippen LogP contribution in [0.4, 0.5) is 5.69 Å². The van der Waals surface area contributed by atoms with Gasteiger partial charge in [0.15, 0.2) is 0 Å². The molecule has 5 heteroatoms. The lowest BCUT2D eigenvalue weighted by molar-refractivity contribution is 0.349. The van der Waals surface area contributed by atoms with Crippen LogP contribution >= 0.6 is 0 Å². The van der Waals surface area contributed by atoms with Gasteiger partial charge < -0.3 is 5.32 Å². The van der Waals surface area contributed by atoms with Crippen LogP contribution in [0.5, 0.6) is 0 Å². The first-order valence-electron chi connectivity index (χ1n) is 7.78. The van der Waals surface area contributed by atoms with Crippen molar-refractivity contribution in [1.82, 2.24) is 4.72 Å². The van der Waals surface area contributed by atoms with Crippen molar-refractivity contribution < 1.29 is 8.42 Å². The van der Waals surface area contributed by atoms with E-state index in [1.807, 2.05) is 26.0 Å². The van der Waals surface area contributed by atoms with Gasteiger partial charge in [-0.25, -0.2) is 13.1 Å². The van der Waals surface area contributed by atoms with E-state index in [0.717, 1.165) is 6.42 Å². The van der Waals surface area contributed by atoms with Crippen molar-refractivity contribution in [3.8, 4) is 0 Å². The molecule has 1 aromatic carbocycles. The molecule has 1 fully saturated rings. The SMILES string of the molecule is CC(C)NS(=O)(=O)c1ccccc1NC1CCCCC1C. The van der Waals surface area contributed by atoms with Gasteiger partial charge in [-0.1, -0.05) is 31.9 Å². The molecular weight excluding hydrogens is 284 g/mol. The lowest BCUT2D eigenvalue weighted by atomic mass is 9.86. The quantitative estimate of drug-likeness (QED) is 0.876. The molecule has 0 saturated heterocycles. The Kier molecular flexibility index (Phi) is 5.27. The third kappa shape index (κ3) is 4.20. The second-order valence-corrected chi connectivity index (χ2v) is 7.97. The minimum absolute atomic E-state index is 0.114. The predicted molar refractivity (Wildman–Crippen MR) is 86.9 cm³/mol. The van der Waals surface area contributed by atoms with Crippen molar-refractivity contribution in [3.63, 3.8) is 0 Å². The highest BCUT2D eigenvalue weighted by Gasteiger charge is 2.24. The summed E-state index contributed by atoms with van der Waals surface area (Å²) in [6.07, 6.45) is 4.79. The molecule has 0 radical (unpaired) electrons. The van der Waals surface area contributed by atoms with Gasteiger partial charge in [0.05, 0.1) is 5.69 Å². The van der Waals surface area contributed by atoms with E-state index in [4.69, 9.17) is 0 Å². The highest BCUT2D eigenvalue weighted by Crippen LogP contribution is 2.29. The normalized spacial score (nSPS) is 23.2. The summed E-state index contributed by atoms with van der Waals surface area (Å²) in [4.78, 5) is 0.344. The molecule has 2 N–H and O–H groups in total. The maximum absolute atomic E-state index is 12.4. The molecule has 0 spiro atoms. The second kappa shape index (κ2) is 6.79. The molecule has 0 aliphatic heterocycles. The molecule has 0 bridgehead atoms. The van der Waals surface area contributed by atoms with Gasteiger partial charge in [0.2, 0.25) is 10.0 Å². The fraction of sp³-hybridized carbons (Fsp3) is 0.625. The number of para-hydroxylation sites is 1. The number of nitrogens with one attached hydrogen (secondary N) is 2. The molecule has 2 unspecified atom stereocenters. The Labute approximate surface area is 128 Å². The molecule has 2 atom stereocenters. The van der Waals surface area contributed by atoms with Gasteiger partial charge in [-0.2, -0.15) is 0 Å². The van der Waals surface area contributed by atoms with Crippen molar-refractivity contribution >= 4 is 15.7 Å². The molecule has 1 aliphatic rings. The first kappa shape index (κ1) is 16.3. The van der Waals surface area contributed by atoms with Crippen molar-refractivity contribution in [1.29, 1.82) is 0 Å². The van der Waals surface area contributed by atoms with E-state index >= 15 is 0 Å². The molecule has 4 nitrogen and oxygen atoms in total. The van der Waals surface area contributed by atoms with E-state index in [1.54, 1.807) is 12.1 Å². The maximum atomic E-state index is 12.4. The second-order valence-electron chi connectivity index (χ2n) is 6.28. The molecule has 1 aromatic rings. The van der Waals surface area contributed by atoms with Crippen LogP contribution in [0.25, 0.3) is 0 Å². The third-order valence-electron chi connectivity index (χ3n) is 4.02. The Bertz CT molecular complexity index is 569. The lowest BCUT2D eigenvalue weighted by Crippen LogP contribution is -2.33. The molecule has 1 saturated carbocycles. The Morgan fingerprint density at radius 3 is 2.48 bits per heavy atom. The summed E-state index contributed by atoms with van der Waals surface area (Å²) >= 11 is 0. The summed E-state index contributed by atoms with van der Waals surface area (Å²) in [7, 11) is -3.47. The Balaban J connectivity index is 2.24. The molecule has 118 valence electrons. The van der Waals surface area contributed by atoms with E-state index in [9.17, 15) is 8.42 Å². The van der Waals surface area contributed by atoms with Crippen LogP contribution in [0.2, 0.25) is 0 Å². The molecule has 2 rings (SSSR count). The molecule has 0 heterocycles. The first-order valence-corrected chi connectivity index (χ1v) is 9.26. The number of hydrogen-bond acceptors (Lipinski definition) is 3. The van der Waals surface area contributed by atoms with Crippen molar-refractivity contribution in [2.45, 2.75) is 63.4 Å². The van der Waals surface area contributed by atoms with E-state index < -0.39 is 10.0 Å². The van der Waals surface area contributed by atoms with Gasteiger partial charge >= 0.3 is 0 Å². The smallest absolute Gasteiger partial charge is 0.242 e. The first-order chi connectivity index (χ1) is 9.90. The van der Waals surface area contributed by atoms with Crippen LogP contribution in [0.3, 0.4) is 0 Å². The van der Waals surface area contributed by atoms with Crippen molar-refractivity contribution in [3.05, 3.63) is 24.3 Å². The van der Waals surface area contributed by atoms with Crippen LogP contribution in [0.15, 0.2) is 29.2 Å². The third-order valence-corrected chi connectivity index (χ3v) is 5.74. The van der Waals surface area contributed by atoms with E-state index in [1.165, 1.54) is 19.3 Å². The monoisotopic (exact) mass is 310 g/mol. The summed E-state index contributed by atoms with van der Waals surface area (Å²) in [6.45, 7) is 5.90. The Morgan fingerprint density at radius 1 is 1.14 bits per heavy atom. The van der Waals surface area contributed by atoms with Gasteiger partial charge in [0, 0.05) is 12.1 Å². The van der Waals surface area contributed by atoms with Gasteiger partial charge in [-0.15, -0.1) is 0 Å². The van der Waals surface area contributed by atoms with Gasteiger partial charge in [-0.05, 0) is 44.7 Å². The number of sulfonamides is 1. The van der Waals surface area contributed by atoms with Gasteiger partial charge in [0.25, 0.3) is 0 Å². The molecular formula is C16H26N2O2S. The van der Waals surface area contributed by atoms with Gasteiger partial charge in [-0.3, -0.25) is 0 Å². The van der Waals surface area contributed by atoms with E-state index in [2.05, 4.69) is 17.0 Å². The molecule has 21 heavy (non-hydrogen) atoms. The number of anilines is 1.